The van der Waals surface area contributed by atoms with E-state index in [1.807, 2.05) is 6.92 Å². The maximum atomic E-state index is 13.9. The molecule has 0 fully saturated rings. The number of carbonyl (C=O) groups is 2. The monoisotopic (exact) mass is 452 g/mol. The Balaban J connectivity index is 1.66. The van der Waals surface area contributed by atoms with Crippen molar-refractivity contribution in [3.8, 4) is 34.5 Å². The average Bonchev–Trinajstić information content (AvgIpc) is 3.22. The van der Waals surface area contributed by atoms with Gasteiger partial charge in [0.05, 0.1) is 20.1 Å². The van der Waals surface area contributed by atoms with Crippen LogP contribution in [-0.4, -0.2) is 44.8 Å². The maximum absolute atomic E-state index is 13.9. The number of carbonyl (C=O) groups excluding carboxylic acids is 2. The van der Waals surface area contributed by atoms with Crippen LogP contribution in [0, 0.1) is 0 Å². The van der Waals surface area contributed by atoms with Crippen molar-refractivity contribution in [3.05, 3.63) is 47.0 Å². The van der Waals surface area contributed by atoms with E-state index in [0.717, 1.165) is 11.1 Å². The quantitative estimate of drug-likeness (QED) is 0.395. The molecule has 2 aromatic carbocycles. The molecule has 0 saturated heterocycles. The first-order valence-corrected chi connectivity index (χ1v) is 10.6. The summed E-state index contributed by atoms with van der Waals surface area (Å²) in [5.74, 6) is 1.11. The number of hydrogen-bond acceptors (Lipinski definition) is 8. The summed E-state index contributed by atoms with van der Waals surface area (Å²) in [4.78, 5) is 25.8. The van der Waals surface area contributed by atoms with Crippen molar-refractivity contribution in [1.82, 2.24) is 0 Å². The van der Waals surface area contributed by atoms with Crippen LogP contribution < -0.4 is 28.4 Å². The molecule has 0 amide bonds. The van der Waals surface area contributed by atoms with Crippen LogP contribution in [0.2, 0.25) is 0 Å². The van der Waals surface area contributed by atoms with E-state index in [1.54, 1.807) is 18.2 Å². The molecule has 0 unspecified atom stereocenters. The van der Waals surface area contributed by atoms with E-state index in [1.165, 1.54) is 21.1 Å². The third-order valence-corrected chi connectivity index (χ3v) is 6.19. The number of esters is 1. The summed E-state index contributed by atoms with van der Waals surface area (Å²) in [6.07, 6.45) is -0.287. The first-order chi connectivity index (χ1) is 15.8. The minimum absolute atomic E-state index is 0.121. The molecule has 8 heteroatoms. The molecule has 3 atom stereocenters. The predicted molar refractivity (Wildman–Crippen MR) is 117 cm³/mol. The van der Waals surface area contributed by atoms with Crippen molar-refractivity contribution < 1.29 is 38.0 Å². The van der Waals surface area contributed by atoms with Crippen molar-refractivity contribution in [2.24, 2.45) is 0 Å². The molecule has 0 N–H and O–H groups in total. The Morgan fingerprint density at radius 1 is 1.03 bits per heavy atom. The van der Waals surface area contributed by atoms with E-state index in [9.17, 15) is 9.59 Å². The summed E-state index contributed by atoms with van der Waals surface area (Å²) < 4.78 is 34.5. The number of hydrogen-bond donors (Lipinski definition) is 0. The molecule has 0 aromatic heterocycles. The van der Waals surface area contributed by atoms with Gasteiger partial charge in [-0.05, 0) is 18.6 Å². The van der Waals surface area contributed by atoms with Gasteiger partial charge in [-0.1, -0.05) is 6.58 Å². The molecule has 2 aromatic rings. The Bertz CT molecular complexity index is 1200. The zero-order valence-electron chi connectivity index (χ0n) is 18.9. The van der Waals surface area contributed by atoms with Gasteiger partial charge < -0.3 is 28.4 Å². The largest absolute Gasteiger partial charge is 0.493 e. The highest BCUT2D eigenvalue weighted by atomic mass is 16.6. The van der Waals surface area contributed by atoms with E-state index < -0.39 is 18.0 Å². The van der Waals surface area contributed by atoms with Gasteiger partial charge in [0.2, 0.25) is 0 Å². The molecule has 0 saturated carbocycles. The Labute approximate surface area is 191 Å². The van der Waals surface area contributed by atoms with Gasteiger partial charge in [0.1, 0.15) is 47.4 Å². The SMILES string of the molecule is C=C(C)[C@H]1Cc2c(cc(OC(C)=O)c3c2O[C@@H]2COc4cc(OC)c(OC)cc4[C@@H]2C3=O)O1. The van der Waals surface area contributed by atoms with E-state index in [-0.39, 0.29) is 29.8 Å². The fourth-order valence-corrected chi connectivity index (χ4v) is 4.64. The molecule has 5 rings (SSSR count). The van der Waals surface area contributed by atoms with Crippen LogP contribution in [-0.2, 0) is 11.2 Å². The lowest BCUT2D eigenvalue weighted by Gasteiger charge is -2.38. The number of rotatable bonds is 4. The molecule has 0 radical (unpaired) electrons. The van der Waals surface area contributed by atoms with Crippen molar-refractivity contribution in [3.63, 3.8) is 0 Å². The van der Waals surface area contributed by atoms with Gasteiger partial charge in [-0.15, -0.1) is 0 Å². The zero-order valence-corrected chi connectivity index (χ0v) is 18.9. The second-order valence-electron chi connectivity index (χ2n) is 8.36. The fourth-order valence-electron chi connectivity index (χ4n) is 4.64. The van der Waals surface area contributed by atoms with E-state index in [4.69, 9.17) is 28.4 Å². The van der Waals surface area contributed by atoms with Crippen LogP contribution in [0.25, 0.3) is 0 Å². The van der Waals surface area contributed by atoms with Crippen molar-refractivity contribution in [2.45, 2.75) is 38.4 Å². The van der Waals surface area contributed by atoms with Crippen molar-refractivity contribution in [1.29, 1.82) is 0 Å². The first kappa shape index (κ1) is 21.2. The number of Topliss-reactive ketones (excluding diaryl/α,β-unsaturated/α-hetero) is 1. The Kier molecular flexibility index (Phi) is 4.96. The van der Waals surface area contributed by atoms with Crippen LogP contribution in [0.3, 0.4) is 0 Å². The summed E-state index contributed by atoms with van der Waals surface area (Å²) in [6, 6.07) is 5.03. The van der Waals surface area contributed by atoms with Crippen LogP contribution in [0.15, 0.2) is 30.4 Å². The van der Waals surface area contributed by atoms with Gasteiger partial charge in [0.25, 0.3) is 0 Å². The van der Waals surface area contributed by atoms with E-state index >= 15 is 0 Å². The molecule has 0 aliphatic carbocycles. The van der Waals surface area contributed by atoms with E-state index in [2.05, 4.69) is 6.58 Å². The standard InChI is InChI=1S/C25H24O8/c1-11(2)15-7-14-17(32-15)9-20(31-12(3)26)23-24(27)22-13-6-18(28-4)19(29-5)8-16(13)30-10-21(22)33-25(14)23/h6,8-9,15,21-22H,1,7,10H2,2-5H3/t15-,21-,22+/m1/s1. The lowest BCUT2D eigenvalue weighted by atomic mass is 9.80. The number of benzene rings is 2. The van der Waals surface area contributed by atoms with E-state index in [0.29, 0.717) is 40.7 Å². The number of ketones is 1. The summed E-state index contributed by atoms with van der Waals surface area (Å²) in [6.45, 7) is 7.32. The van der Waals surface area contributed by atoms with Gasteiger partial charge in [-0.25, -0.2) is 0 Å². The van der Waals surface area contributed by atoms with Crippen LogP contribution in [0.4, 0.5) is 0 Å². The molecule has 172 valence electrons. The Hall–Kier alpha value is -3.68. The molecule has 33 heavy (non-hydrogen) atoms. The Morgan fingerprint density at radius 2 is 1.73 bits per heavy atom. The first-order valence-electron chi connectivity index (χ1n) is 10.6. The highest BCUT2D eigenvalue weighted by molar-refractivity contribution is 6.08. The van der Waals surface area contributed by atoms with Gasteiger partial charge in [0.15, 0.2) is 17.3 Å². The highest BCUT2D eigenvalue weighted by Gasteiger charge is 2.47. The second-order valence-corrected chi connectivity index (χ2v) is 8.36. The van der Waals surface area contributed by atoms with Crippen LogP contribution in [0.1, 0.15) is 41.3 Å². The fraction of sp³-hybridized carbons (Fsp3) is 0.360. The second kappa shape index (κ2) is 7.72. The third-order valence-electron chi connectivity index (χ3n) is 6.19. The normalized spacial score (nSPS) is 21.8. The lowest BCUT2D eigenvalue weighted by molar-refractivity contribution is -0.131. The molecule has 3 heterocycles. The smallest absolute Gasteiger partial charge is 0.308 e. The minimum atomic E-state index is -0.660. The summed E-state index contributed by atoms with van der Waals surface area (Å²) in [5.41, 5.74) is 2.48. The van der Waals surface area contributed by atoms with Crippen molar-refractivity contribution >= 4 is 11.8 Å². The average molecular weight is 452 g/mol. The molecule has 3 aliphatic rings. The Morgan fingerprint density at radius 3 is 2.39 bits per heavy atom. The minimum Gasteiger partial charge on any atom is -0.493 e. The molecule has 0 spiro atoms. The van der Waals surface area contributed by atoms with Crippen molar-refractivity contribution in [2.75, 3.05) is 20.8 Å². The van der Waals surface area contributed by atoms with Crippen LogP contribution in [0.5, 0.6) is 34.5 Å². The number of ether oxygens (including phenoxy) is 6. The molecule has 8 nitrogen and oxygen atoms in total. The van der Waals surface area contributed by atoms with Gasteiger partial charge in [-0.2, -0.15) is 0 Å². The molecule has 0 bridgehead atoms. The summed E-state index contributed by atoms with van der Waals surface area (Å²) in [5, 5.41) is 0. The molecular formula is C25H24O8. The molecular weight excluding hydrogens is 428 g/mol. The summed E-state index contributed by atoms with van der Waals surface area (Å²) >= 11 is 0. The third kappa shape index (κ3) is 3.28. The maximum Gasteiger partial charge on any atom is 0.308 e. The summed E-state index contributed by atoms with van der Waals surface area (Å²) in [7, 11) is 3.06. The lowest BCUT2D eigenvalue weighted by Crippen LogP contribution is -2.43. The number of methoxy groups -OCH3 is 2. The van der Waals surface area contributed by atoms with Gasteiger partial charge in [0, 0.05) is 36.6 Å². The topological polar surface area (TPSA) is 89.5 Å². The molecule has 3 aliphatic heterocycles. The van der Waals surface area contributed by atoms with Gasteiger partial charge in [-0.3, -0.25) is 9.59 Å². The predicted octanol–water partition coefficient (Wildman–Crippen LogP) is 3.63. The zero-order chi connectivity index (χ0) is 23.4. The van der Waals surface area contributed by atoms with Gasteiger partial charge >= 0.3 is 5.97 Å². The highest BCUT2D eigenvalue weighted by Crippen LogP contribution is 2.52. The number of fused-ring (bicyclic) bond motifs is 6. The van der Waals surface area contributed by atoms with Crippen LogP contribution >= 0.6 is 0 Å².